The molecule has 0 unspecified atom stereocenters. The largest absolute Gasteiger partial charge is 0.501 e. The zero-order valence-corrected chi connectivity index (χ0v) is 10.2. The Bertz CT molecular complexity index is 472. The van der Waals surface area contributed by atoms with Gasteiger partial charge in [0.15, 0.2) is 0 Å². The molecule has 4 heteroatoms. The molecule has 0 aliphatic rings. The number of nitriles is 1. The summed E-state index contributed by atoms with van der Waals surface area (Å²) in [6, 6.07) is 10.3. The Morgan fingerprint density at radius 3 is 2.61 bits per heavy atom. The van der Waals surface area contributed by atoms with E-state index in [0.29, 0.717) is 5.56 Å². The zero-order valence-electron chi connectivity index (χ0n) is 10.2. The number of benzene rings is 1. The molecule has 18 heavy (non-hydrogen) atoms. The molecule has 0 heterocycles. The molecule has 0 aromatic heterocycles. The molecule has 0 aliphatic carbocycles. The number of hydrogen-bond donors (Lipinski definition) is 1. The van der Waals surface area contributed by atoms with Gasteiger partial charge in [0.25, 0.3) is 0 Å². The van der Waals surface area contributed by atoms with Crippen LogP contribution >= 0.6 is 0 Å². The highest BCUT2D eigenvalue weighted by Crippen LogP contribution is 2.17. The maximum atomic E-state index is 11.5. The number of carbonyl (C=O) groups is 1. The highest BCUT2D eigenvalue weighted by molar-refractivity contribution is 5.98. The molecule has 0 radical (unpaired) electrons. The molecule has 0 bridgehead atoms. The van der Waals surface area contributed by atoms with E-state index in [1.807, 2.05) is 13.0 Å². The highest BCUT2D eigenvalue weighted by Gasteiger charge is 2.16. The van der Waals surface area contributed by atoms with Gasteiger partial charge in [0.2, 0.25) is 5.76 Å². The standard InChI is InChI=1S/C14H15NO3/c1-2-3-9-18-14(17)13(16)12(10-15)11-7-5-4-6-8-11/h4-8,16H,2-3,9H2,1H3/b13-12-. The normalized spacial score (nSPS) is 11.3. The van der Waals surface area contributed by atoms with E-state index < -0.39 is 11.7 Å². The molecule has 0 saturated carbocycles. The van der Waals surface area contributed by atoms with Crippen LogP contribution in [0.3, 0.4) is 0 Å². The van der Waals surface area contributed by atoms with E-state index in [-0.39, 0.29) is 12.2 Å². The van der Waals surface area contributed by atoms with E-state index >= 15 is 0 Å². The van der Waals surface area contributed by atoms with Gasteiger partial charge in [-0.1, -0.05) is 43.7 Å². The number of aliphatic hydroxyl groups excluding tert-OH is 1. The second-order valence-corrected chi connectivity index (χ2v) is 3.69. The zero-order chi connectivity index (χ0) is 13.4. The summed E-state index contributed by atoms with van der Waals surface area (Å²) in [6.07, 6.45) is 1.62. The first-order valence-corrected chi connectivity index (χ1v) is 5.76. The lowest BCUT2D eigenvalue weighted by Gasteiger charge is -2.05. The van der Waals surface area contributed by atoms with Crippen molar-refractivity contribution in [3.05, 3.63) is 41.7 Å². The van der Waals surface area contributed by atoms with Crippen LogP contribution in [0.5, 0.6) is 0 Å². The molecule has 0 spiro atoms. The van der Waals surface area contributed by atoms with E-state index in [4.69, 9.17) is 10.00 Å². The Morgan fingerprint density at radius 1 is 1.39 bits per heavy atom. The molecule has 0 fully saturated rings. The minimum atomic E-state index is -0.858. The fourth-order valence-corrected chi connectivity index (χ4v) is 1.34. The van der Waals surface area contributed by atoms with Gasteiger partial charge in [-0.2, -0.15) is 5.26 Å². The molecule has 1 aromatic carbocycles. The quantitative estimate of drug-likeness (QED) is 0.285. The lowest BCUT2D eigenvalue weighted by Crippen LogP contribution is -2.10. The highest BCUT2D eigenvalue weighted by atomic mass is 16.5. The van der Waals surface area contributed by atoms with Gasteiger partial charge in [0, 0.05) is 0 Å². The Morgan fingerprint density at radius 2 is 2.06 bits per heavy atom. The van der Waals surface area contributed by atoms with Crippen LogP contribution in [-0.4, -0.2) is 17.7 Å². The molecule has 0 saturated heterocycles. The number of ether oxygens (including phenoxy) is 1. The van der Waals surface area contributed by atoms with Gasteiger partial charge < -0.3 is 9.84 Å². The fourth-order valence-electron chi connectivity index (χ4n) is 1.34. The van der Waals surface area contributed by atoms with Crippen LogP contribution in [0, 0.1) is 11.3 Å². The molecule has 0 amide bonds. The maximum Gasteiger partial charge on any atom is 0.374 e. The third-order valence-electron chi connectivity index (χ3n) is 2.34. The van der Waals surface area contributed by atoms with Gasteiger partial charge in [0.05, 0.1) is 6.61 Å². The van der Waals surface area contributed by atoms with Crippen LogP contribution in [-0.2, 0) is 9.53 Å². The summed E-state index contributed by atoms with van der Waals surface area (Å²) in [7, 11) is 0. The minimum Gasteiger partial charge on any atom is -0.501 e. The van der Waals surface area contributed by atoms with Crippen molar-refractivity contribution in [2.24, 2.45) is 0 Å². The average molecular weight is 245 g/mol. The van der Waals surface area contributed by atoms with Gasteiger partial charge in [-0.25, -0.2) is 4.79 Å². The van der Waals surface area contributed by atoms with Crippen molar-refractivity contribution >= 4 is 11.5 Å². The van der Waals surface area contributed by atoms with Crippen LogP contribution in [0.2, 0.25) is 0 Å². The number of unbranched alkanes of at least 4 members (excludes halogenated alkanes) is 1. The summed E-state index contributed by atoms with van der Waals surface area (Å²) >= 11 is 0. The number of esters is 1. The third kappa shape index (κ3) is 3.63. The molecule has 1 rings (SSSR count). The van der Waals surface area contributed by atoms with Crippen molar-refractivity contribution in [3.63, 3.8) is 0 Å². The fraction of sp³-hybridized carbons (Fsp3) is 0.286. The molecule has 1 N–H and O–H groups in total. The SMILES string of the molecule is CCCCOC(=O)/C(O)=C(\C#N)c1ccccc1. The smallest absolute Gasteiger partial charge is 0.374 e. The van der Waals surface area contributed by atoms with E-state index in [9.17, 15) is 9.90 Å². The van der Waals surface area contributed by atoms with Crippen molar-refractivity contribution in [2.75, 3.05) is 6.61 Å². The Kier molecular flexibility index (Phi) is 5.46. The van der Waals surface area contributed by atoms with E-state index in [2.05, 4.69) is 0 Å². The number of allylic oxidation sites excluding steroid dienone is 1. The number of aliphatic hydroxyl groups is 1. The van der Waals surface area contributed by atoms with E-state index in [0.717, 1.165) is 12.8 Å². The Hall–Kier alpha value is -2.28. The predicted molar refractivity (Wildman–Crippen MR) is 67.5 cm³/mol. The first-order chi connectivity index (χ1) is 8.70. The van der Waals surface area contributed by atoms with Crippen LogP contribution in [0.25, 0.3) is 5.57 Å². The maximum absolute atomic E-state index is 11.5. The summed E-state index contributed by atoms with van der Waals surface area (Å²) in [6.45, 7) is 2.21. The molecule has 0 aliphatic heterocycles. The van der Waals surface area contributed by atoms with Crippen LogP contribution in [0.4, 0.5) is 0 Å². The molecular formula is C14H15NO3. The van der Waals surface area contributed by atoms with Crippen molar-refractivity contribution in [1.82, 2.24) is 0 Å². The Balaban J connectivity index is 2.88. The van der Waals surface area contributed by atoms with Crippen molar-refractivity contribution in [1.29, 1.82) is 5.26 Å². The van der Waals surface area contributed by atoms with Crippen molar-refractivity contribution in [3.8, 4) is 6.07 Å². The number of rotatable bonds is 5. The second-order valence-electron chi connectivity index (χ2n) is 3.69. The second kappa shape index (κ2) is 7.13. The average Bonchev–Trinajstić information content (AvgIpc) is 2.41. The van der Waals surface area contributed by atoms with Crippen LogP contribution in [0.1, 0.15) is 25.3 Å². The monoisotopic (exact) mass is 245 g/mol. The molecule has 1 aromatic rings. The Labute approximate surface area is 106 Å². The summed E-state index contributed by atoms with van der Waals surface area (Å²) in [5.74, 6) is -1.50. The third-order valence-corrected chi connectivity index (χ3v) is 2.34. The topological polar surface area (TPSA) is 70.3 Å². The van der Waals surface area contributed by atoms with E-state index in [1.165, 1.54) is 0 Å². The van der Waals surface area contributed by atoms with Crippen molar-refractivity contribution in [2.45, 2.75) is 19.8 Å². The summed E-state index contributed by atoms with van der Waals surface area (Å²) in [4.78, 5) is 11.5. The number of carbonyl (C=O) groups excluding carboxylic acids is 1. The molecule has 0 atom stereocenters. The van der Waals surface area contributed by atoms with Gasteiger partial charge in [-0.05, 0) is 12.0 Å². The van der Waals surface area contributed by atoms with E-state index in [1.54, 1.807) is 30.3 Å². The first kappa shape index (κ1) is 13.8. The lowest BCUT2D eigenvalue weighted by molar-refractivity contribution is -0.142. The molecule has 4 nitrogen and oxygen atoms in total. The van der Waals surface area contributed by atoms with Crippen LogP contribution < -0.4 is 0 Å². The molecular weight excluding hydrogens is 230 g/mol. The number of nitrogens with zero attached hydrogens (tertiary/aromatic N) is 1. The number of hydrogen-bond acceptors (Lipinski definition) is 4. The van der Waals surface area contributed by atoms with Crippen LogP contribution in [0.15, 0.2) is 36.1 Å². The summed E-state index contributed by atoms with van der Waals surface area (Å²) in [5.41, 5.74) is 0.419. The van der Waals surface area contributed by atoms with Gasteiger partial charge in [-0.3, -0.25) is 0 Å². The summed E-state index contributed by atoms with van der Waals surface area (Å²) in [5, 5.41) is 18.7. The van der Waals surface area contributed by atoms with Gasteiger partial charge in [-0.15, -0.1) is 0 Å². The lowest BCUT2D eigenvalue weighted by atomic mass is 10.1. The van der Waals surface area contributed by atoms with Gasteiger partial charge in [0.1, 0.15) is 11.6 Å². The summed E-state index contributed by atoms with van der Waals surface area (Å²) < 4.78 is 4.85. The first-order valence-electron chi connectivity index (χ1n) is 5.76. The van der Waals surface area contributed by atoms with Crippen molar-refractivity contribution < 1.29 is 14.6 Å². The predicted octanol–water partition coefficient (Wildman–Crippen LogP) is 2.82. The van der Waals surface area contributed by atoms with Gasteiger partial charge >= 0.3 is 5.97 Å². The molecule has 94 valence electrons. The minimum absolute atomic E-state index is 0.0721.